The summed E-state index contributed by atoms with van der Waals surface area (Å²) < 4.78 is 12.5. The van der Waals surface area contributed by atoms with Crippen molar-refractivity contribution in [3.8, 4) is 0 Å². The van der Waals surface area contributed by atoms with Gasteiger partial charge in [-0.05, 0) is 0 Å². The van der Waals surface area contributed by atoms with Gasteiger partial charge in [-0.1, -0.05) is 13.2 Å². The first-order valence-electron chi connectivity index (χ1n) is 3.07. The lowest BCUT2D eigenvalue weighted by Gasteiger charge is -1.98. The second-order valence-corrected chi connectivity index (χ2v) is 1.99. The van der Waals surface area contributed by atoms with Crippen LogP contribution in [-0.2, 0) is 4.79 Å². The normalized spacial score (nSPS) is 11.5. The Hall–Kier alpha value is -1.98. The number of allylic oxidation sites excluding steroid dienone is 1. The van der Waals surface area contributed by atoms with Crippen LogP contribution in [0.25, 0.3) is 0 Å². The van der Waals surface area contributed by atoms with Crippen LogP contribution in [0.1, 0.15) is 0 Å². The van der Waals surface area contributed by atoms with Gasteiger partial charge < -0.3 is 5.73 Å². The zero-order valence-electron chi connectivity index (χ0n) is 6.62. The third-order valence-electron chi connectivity index (χ3n) is 1.16. The number of nitro groups is 1. The standard InChI is InChI=1S/C7H7FN2O3/c1-3-5(10(12)13)6(4(2)8)7(9)11/h3H,1-2H2,(H2,9,11)/b6-5-. The van der Waals surface area contributed by atoms with Crippen molar-refractivity contribution in [1.29, 1.82) is 0 Å². The summed E-state index contributed by atoms with van der Waals surface area (Å²) in [4.78, 5) is 19.8. The number of hydrogen-bond acceptors (Lipinski definition) is 3. The van der Waals surface area contributed by atoms with Gasteiger partial charge in [0.2, 0.25) is 0 Å². The van der Waals surface area contributed by atoms with E-state index in [1.54, 1.807) is 0 Å². The Bertz CT molecular complexity index is 304. The maximum atomic E-state index is 12.5. The topological polar surface area (TPSA) is 86.2 Å². The van der Waals surface area contributed by atoms with Crippen LogP contribution < -0.4 is 5.73 Å². The number of amides is 1. The molecule has 0 aromatic rings. The zero-order valence-corrected chi connectivity index (χ0v) is 6.62. The summed E-state index contributed by atoms with van der Waals surface area (Å²) in [6.07, 6.45) is 0.727. The van der Waals surface area contributed by atoms with E-state index < -0.39 is 27.9 Å². The van der Waals surface area contributed by atoms with Crippen molar-refractivity contribution in [1.82, 2.24) is 0 Å². The highest BCUT2D eigenvalue weighted by molar-refractivity contribution is 5.96. The average molecular weight is 186 g/mol. The van der Waals surface area contributed by atoms with E-state index in [1.807, 2.05) is 0 Å². The van der Waals surface area contributed by atoms with Gasteiger partial charge in [-0.2, -0.15) is 0 Å². The third kappa shape index (κ3) is 2.51. The lowest BCUT2D eigenvalue weighted by Crippen LogP contribution is -2.18. The van der Waals surface area contributed by atoms with Crippen LogP contribution in [0.5, 0.6) is 0 Å². The number of nitrogens with zero attached hydrogens (tertiary/aromatic N) is 1. The number of nitrogens with two attached hydrogens (primary N) is 1. The minimum Gasteiger partial charge on any atom is -0.365 e. The molecule has 0 aliphatic carbocycles. The Balaban J connectivity index is 5.53. The van der Waals surface area contributed by atoms with E-state index in [9.17, 15) is 19.3 Å². The maximum Gasteiger partial charge on any atom is 0.284 e. The SMILES string of the molecule is C=C/C(=C(\C(=C)F)C(N)=O)[N+](=O)[O-]. The summed E-state index contributed by atoms with van der Waals surface area (Å²) in [5.41, 5.74) is 3.05. The Kier molecular flexibility index (Phi) is 3.52. The molecule has 2 N–H and O–H groups in total. The molecule has 0 aliphatic heterocycles. The zero-order chi connectivity index (χ0) is 10.6. The van der Waals surface area contributed by atoms with Gasteiger partial charge in [-0.25, -0.2) is 4.39 Å². The molecule has 6 heteroatoms. The first kappa shape index (κ1) is 11.0. The molecular formula is C7H7FN2O3. The van der Waals surface area contributed by atoms with E-state index >= 15 is 0 Å². The van der Waals surface area contributed by atoms with E-state index in [0.717, 1.165) is 6.08 Å². The molecular weight excluding hydrogens is 179 g/mol. The van der Waals surface area contributed by atoms with E-state index in [4.69, 9.17) is 5.73 Å². The van der Waals surface area contributed by atoms with Crippen molar-refractivity contribution in [3.05, 3.63) is 46.4 Å². The number of rotatable bonds is 4. The van der Waals surface area contributed by atoms with Gasteiger partial charge >= 0.3 is 0 Å². The Labute approximate surface area is 73.2 Å². The average Bonchev–Trinajstić information content (AvgIpc) is 1.97. The van der Waals surface area contributed by atoms with Crippen molar-refractivity contribution in [2.45, 2.75) is 0 Å². The van der Waals surface area contributed by atoms with Crippen molar-refractivity contribution < 1.29 is 14.1 Å². The van der Waals surface area contributed by atoms with Crippen LogP contribution in [0.3, 0.4) is 0 Å². The molecule has 0 atom stereocenters. The summed E-state index contributed by atoms with van der Waals surface area (Å²) in [5, 5.41) is 10.2. The van der Waals surface area contributed by atoms with Gasteiger partial charge in [0.1, 0.15) is 5.83 Å². The predicted octanol–water partition coefficient (Wildman–Crippen LogP) is 0.672. The van der Waals surface area contributed by atoms with E-state index in [0.29, 0.717) is 0 Å². The molecule has 0 rings (SSSR count). The van der Waals surface area contributed by atoms with E-state index in [1.165, 1.54) is 0 Å². The molecule has 0 bridgehead atoms. The minimum atomic E-state index is -1.25. The summed E-state index contributed by atoms with van der Waals surface area (Å²) in [5.74, 6) is -2.50. The molecule has 0 fully saturated rings. The highest BCUT2D eigenvalue weighted by Gasteiger charge is 2.22. The molecule has 0 saturated heterocycles. The van der Waals surface area contributed by atoms with Crippen LogP contribution in [0.4, 0.5) is 4.39 Å². The van der Waals surface area contributed by atoms with Gasteiger partial charge in [-0.15, -0.1) is 0 Å². The number of primary amides is 1. The largest absolute Gasteiger partial charge is 0.365 e. The quantitative estimate of drug-likeness (QED) is 0.303. The fourth-order valence-electron chi connectivity index (χ4n) is 0.667. The van der Waals surface area contributed by atoms with Gasteiger partial charge in [0.25, 0.3) is 11.6 Å². The lowest BCUT2D eigenvalue weighted by atomic mass is 10.2. The summed E-state index contributed by atoms with van der Waals surface area (Å²) in [7, 11) is 0. The van der Waals surface area contributed by atoms with Crippen LogP contribution in [0, 0.1) is 10.1 Å². The number of halogens is 1. The number of carbonyl (C=O) groups is 1. The van der Waals surface area contributed by atoms with Crippen LogP contribution in [0.2, 0.25) is 0 Å². The highest BCUT2D eigenvalue weighted by atomic mass is 19.1. The second kappa shape index (κ2) is 4.15. The molecule has 0 saturated carbocycles. The Morgan fingerprint density at radius 1 is 1.62 bits per heavy atom. The molecule has 0 aromatic heterocycles. The predicted molar refractivity (Wildman–Crippen MR) is 43.7 cm³/mol. The fourth-order valence-corrected chi connectivity index (χ4v) is 0.667. The monoisotopic (exact) mass is 186 g/mol. The molecule has 0 heterocycles. The molecule has 0 aliphatic rings. The number of carbonyl (C=O) groups excluding carboxylic acids is 1. The van der Waals surface area contributed by atoms with Gasteiger partial charge in [-0.3, -0.25) is 14.9 Å². The smallest absolute Gasteiger partial charge is 0.284 e. The van der Waals surface area contributed by atoms with Gasteiger partial charge in [0, 0.05) is 6.08 Å². The first-order chi connectivity index (χ1) is 5.91. The van der Waals surface area contributed by atoms with Crippen LogP contribution in [0.15, 0.2) is 36.3 Å². The highest BCUT2D eigenvalue weighted by Crippen LogP contribution is 2.15. The molecule has 0 unspecified atom stereocenters. The molecule has 0 radical (unpaired) electrons. The summed E-state index contributed by atoms with van der Waals surface area (Å²) in [6, 6.07) is 0. The Morgan fingerprint density at radius 2 is 2.08 bits per heavy atom. The van der Waals surface area contributed by atoms with Gasteiger partial charge in [0.05, 0.1) is 4.92 Å². The third-order valence-corrected chi connectivity index (χ3v) is 1.16. The van der Waals surface area contributed by atoms with Crippen molar-refractivity contribution in [2.24, 2.45) is 5.73 Å². The maximum absolute atomic E-state index is 12.5. The summed E-state index contributed by atoms with van der Waals surface area (Å²) >= 11 is 0. The van der Waals surface area contributed by atoms with E-state index in [-0.39, 0.29) is 0 Å². The molecule has 1 amide bonds. The molecule has 70 valence electrons. The molecule has 5 nitrogen and oxygen atoms in total. The molecule has 0 spiro atoms. The molecule has 0 aromatic carbocycles. The van der Waals surface area contributed by atoms with Crippen molar-refractivity contribution in [3.63, 3.8) is 0 Å². The lowest BCUT2D eigenvalue weighted by molar-refractivity contribution is -0.419. The second-order valence-electron chi connectivity index (χ2n) is 1.99. The number of hydrogen-bond donors (Lipinski definition) is 1. The van der Waals surface area contributed by atoms with E-state index in [2.05, 4.69) is 13.2 Å². The minimum absolute atomic E-state index is 0.727. The van der Waals surface area contributed by atoms with Gasteiger partial charge in [0.15, 0.2) is 5.57 Å². The van der Waals surface area contributed by atoms with Crippen molar-refractivity contribution >= 4 is 5.91 Å². The fraction of sp³-hybridized carbons (Fsp3) is 0. The summed E-state index contributed by atoms with van der Waals surface area (Å²) in [6.45, 7) is 5.80. The molecule has 13 heavy (non-hydrogen) atoms. The first-order valence-corrected chi connectivity index (χ1v) is 3.07. The Morgan fingerprint density at radius 3 is 2.15 bits per heavy atom. The van der Waals surface area contributed by atoms with Crippen LogP contribution >= 0.6 is 0 Å². The van der Waals surface area contributed by atoms with Crippen LogP contribution in [-0.4, -0.2) is 10.8 Å². The van der Waals surface area contributed by atoms with Crippen molar-refractivity contribution in [2.75, 3.05) is 0 Å².